The van der Waals surface area contributed by atoms with Gasteiger partial charge in [0.05, 0.1) is 27.2 Å². The molecule has 2 aromatic carbocycles. The predicted molar refractivity (Wildman–Crippen MR) is 57.1 cm³/mol. The molecule has 0 aromatic heterocycles. The van der Waals surface area contributed by atoms with E-state index in [9.17, 15) is 10.1 Å². The molecule has 1 heterocycles. The number of hydrogen-bond acceptors (Lipinski definition) is 4. The Morgan fingerprint density at radius 1 is 1.27 bits per heavy atom. The van der Waals surface area contributed by atoms with Gasteiger partial charge < -0.3 is 4.18 Å². The first-order chi connectivity index (χ1) is 7.27. The Balaban J connectivity index is 2.48. The highest BCUT2D eigenvalue weighted by Crippen LogP contribution is 2.45. The second-order valence-electron chi connectivity index (χ2n) is 3.19. The lowest BCUT2D eigenvalue weighted by molar-refractivity contribution is -0.383. The standard InChI is InChI=1S/C10H5NO3S/c12-11(13)7-4-5-8-10-6(7)2-1-3-9(10)15-14-8/h1-5H. The van der Waals surface area contributed by atoms with Crippen molar-refractivity contribution in [2.45, 2.75) is 4.90 Å². The number of hydrogen-bond donors (Lipinski definition) is 0. The molecule has 0 amide bonds. The average Bonchev–Trinajstić information content (AvgIpc) is 2.64. The molecule has 0 radical (unpaired) electrons. The summed E-state index contributed by atoms with van der Waals surface area (Å²) < 4.78 is 5.34. The minimum Gasteiger partial charge on any atom is -0.420 e. The molecule has 0 spiro atoms. The summed E-state index contributed by atoms with van der Waals surface area (Å²) in [4.78, 5) is 11.4. The van der Waals surface area contributed by atoms with Gasteiger partial charge >= 0.3 is 0 Å². The van der Waals surface area contributed by atoms with Gasteiger partial charge in [-0.1, -0.05) is 6.07 Å². The molecule has 15 heavy (non-hydrogen) atoms. The molecule has 3 rings (SSSR count). The summed E-state index contributed by atoms with van der Waals surface area (Å²) in [7, 11) is 0. The molecule has 2 aromatic rings. The Kier molecular flexibility index (Phi) is 1.63. The normalized spacial score (nSPS) is 12.8. The van der Waals surface area contributed by atoms with Crippen LogP contribution in [0.15, 0.2) is 35.2 Å². The Bertz CT molecular complexity index is 572. The molecular weight excluding hydrogens is 214 g/mol. The third kappa shape index (κ3) is 1.10. The zero-order chi connectivity index (χ0) is 10.4. The number of rotatable bonds is 1. The van der Waals surface area contributed by atoms with Gasteiger partial charge in [0.15, 0.2) is 0 Å². The minimum absolute atomic E-state index is 0.127. The maximum Gasteiger partial charge on any atom is 0.277 e. The summed E-state index contributed by atoms with van der Waals surface area (Å²) in [6.45, 7) is 0. The van der Waals surface area contributed by atoms with Gasteiger partial charge in [0.25, 0.3) is 5.69 Å². The number of benzene rings is 2. The van der Waals surface area contributed by atoms with Crippen LogP contribution in [0.2, 0.25) is 0 Å². The molecule has 4 nitrogen and oxygen atoms in total. The third-order valence-electron chi connectivity index (χ3n) is 2.36. The summed E-state index contributed by atoms with van der Waals surface area (Å²) in [5.41, 5.74) is 0.127. The monoisotopic (exact) mass is 219 g/mol. The lowest BCUT2D eigenvalue weighted by Crippen LogP contribution is -1.89. The molecule has 0 saturated carbocycles. The van der Waals surface area contributed by atoms with Crippen LogP contribution in [-0.4, -0.2) is 4.92 Å². The van der Waals surface area contributed by atoms with Crippen molar-refractivity contribution in [3.05, 3.63) is 40.4 Å². The van der Waals surface area contributed by atoms with Gasteiger partial charge in [-0.25, -0.2) is 0 Å². The first-order valence-corrected chi connectivity index (χ1v) is 5.06. The maximum atomic E-state index is 10.8. The Hall–Kier alpha value is -1.75. The van der Waals surface area contributed by atoms with Crippen molar-refractivity contribution in [2.24, 2.45) is 0 Å². The van der Waals surface area contributed by atoms with Crippen molar-refractivity contribution < 1.29 is 9.11 Å². The van der Waals surface area contributed by atoms with E-state index < -0.39 is 0 Å². The lowest BCUT2D eigenvalue weighted by Gasteiger charge is -1.99. The van der Waals surface area contributed by atoms with Crippen LogP contribution >= 0.6 is 12.0 Å². The average molecular weight is 219 g/mol. The second-order valence-corrected chi connectivity index (χ2v) is 3.96. The van der Waals surface area contributed by atoms with Crippen LogP contribution in [0.4, 0.5) is 5.69 Å². The molecule has 0 bridgehead atoms. The van der Waals surface area contributed by atoms with Gasteiger partial charge in [-0.15, -0.1) is 0 Å². The fraction of sp³-hybridized carbons (Fsp3) is 0. The van der Waals surface area contributed by atoms with Crippen LogP contribution in [0.1, 0.15) is 0 Å². The molecule has 0 N–H and O–H groups in total. The highest BCUT2D eigenvalue weighted by atomic mass is 32.2. The molecule has 1 aliphatic heterocycles. The highest BCUT2D eigenvalue weighted by Gasteiger charge is 2.22. The van der Waals surface area contributed by atoms with E-state index in [4.69, 9.17) is 4.18 Å². The van der Waals surface area contributed by atoms with Gasteiger partial charge in [-0.2, -0.15) is 0 Å². The molecule has 5 heteroatoms. The van der Waals surface area contributed by atoms with Crippen molar-refractivity contribution in [1.82, 2.24) is 0 Å². The SMILES string of the molecule is O=[N+]([O-])c1ccc2c3c(cccc13)SO2. The first-order valence-electron chi connectivity index (χ1n) is 4.32. The topological polar surface area (TPSA) is 52.4 Å². The van der Waals surface area contributed by atoms with E-state index in [0.717, 1.165) is 10.3 Å². The molecule has 0 saturated heterocycles. The van der Waals surface area contributed by atoms with Crippen LogP contribution in [0.3, 0.4) is 0 Å². The Labute approximate surface area is 89.2 Å². The first kappa shape index (κ1) is 8.55. The van der Waals surface area contributed by atoms with E-state index in [1.54, 1.807) is 18.2 Å². The van der Waals surface area contributed by atoms with Gasteiger partial charge in [-0.05, 0) is 18.2 Å². The number of nitro groups is 1. The Morgan fingerprint density at radius 3 is 2.93 bits per heavy atom. The highest BCUT2D eigenvalue weighted by molar-refractivity contribution is 7.95. The summed E-state index contributed by atoms with van der Waals surface area (Å²) in [5, 5.41) is 12.3. The van der Waals surface area contributed by atoms with E-state index in [1.807, 2.05) is 6.07 Å². The van der Waals surface area contributed by atoms with Crippen molar-refractivity contribution >= 4 is 28.5 Å². The summed E-state index contributed by atoms with van der Waals surface area (Å²) in [5.74, 6) is 0.705. The van der Waals surface area contributed by atoms with Crippen molar-refractivity contribution in [3.8, 4) is 5.75 Å². The quantitative estimate of drug-likeness (QED) is 0.420. The van der Waals surface area contributed by atoms with Crippen LogP contribution in [0, 0.1) is 10.1 Å². The van der Waals surface area contributed by atoms with E-state index in [2.05, 4.69) is 0 Å². The van der Waals surface area contributed by atoms with Crippen LogP contribution in [-0.2, 0) is 0 Å². The second kappa shape index (κ2) is 2.87. The predicted octanol–water partition coefficient (Wildman–Crippen LogP) is 3.15. The zero-order valence-electron chi connectivity index (χ0n) is 7.47. The van der Waals surface area contributed by atoms with Crippen LogP contribution < -0.4 is 4.18 Å². The number of non-ortho nitro benzene ring substituents is 1. The van der Waals surface area contributed by atoms with Gasteiger partial charge in [-0.3, -0.25) is 10.1 Å². The van der Waals surface area contributed by atoms with Gasteiger partial charge in [0.2, 0.25) is 0 Å². The fourth-order valence-corrected chi connectivity index (χ4v) is 2.46. The number of nitro benzene ring substituents is 1. The van der Waals surface area contributed by atoms with Gasteiger partial charge in [0.1, 0.15) is 5.75 Å². The zero-order valence-corrected chi connectivity index (χ0v) is 8.28. The summed E-state index contributed by atoms with van der Waals surface area (Å²) in [6, 6.07) is 8.57. The van der Waals surface area contributed by atoms with Crippen molar-refractivity contribution in [2.75, 3.05) is 0 Å². The van der Waals surface area contributed by atoms with Crippen molar-refractivity contribution in [1.29, 1.82) is 0 Å². The van der Waals surface area contributed by atoms with Crippen LogP contribution in [0.25, 0.3) is 10.8 Å². The third-order valence-corrected chi connectivity index (χ3v) is 3.14. The molecule has 0 atom stereocenters. The summed E-state index contributed by atoms with van der Waals surface area (Å²) in [6.07, 6.45) is 0. The van der Waals surface area contributed by atoms with E-state index in [0.29, 0.717) is 11.1 Å². The number of nitrogens with zero attached hydrogens (tertiary/aromatic N) is 1. The van der Waals surface area contributed by atoms with Crippen LogP contribution in [0.5, 0.6) is 5.75 Å². The molecular formula is C10H5NO3S. The van der Waals surface area contributed by atoms with Gasteiger partial charge in [0, 0.05) is 11.5 Å². The van der Waals surface area contributed by atoms with E-state index in [1.165, 1.54) is 18.1 Å². The molecule has 1 aliphatic rings. The molecule has 74 valence electrons. The lowest BCUT2D eigenvalue weighted by atomic mass is 10.1. The van der Waals surface area contributed by atoms with E-state index in [-0.39, 0.29) is 10.6 Å². The maximum absolute atomic E-state index is 10.8. The smallest absolute Gasteiger partial charge is 0.277 e. The molecule has 0 aliphatic carbocycles. The minimum atomic E-state index is -0.369. The van der Waals surface area contributed by atoms with Crippen molar-refractivity contribution in [3.63, 3.8) is 0 Å². The summed E-state index contributed by atoms with van der Waals surface area (Å²) >= 11 is 1.24. The largest absolute Gasteiger partial charge is 0.420 e. The fourth-order valence-electron chi connectivity index (χ4n) is 1.71. The van der Waals surface area contributed by atoms with E-state index >= 15 is 0 Å². The molecule has 0 fully saturated rings. The molecule has 0 unspecified atom stereocenters. The Morgan fingerprint density at radius 2 is 2.13 bits per heavy atom.